The molecule has 6 heteroatoms. The van der Waals surface area contributed by atoms with Gasteiger partial charge in [-0.15, -0.1) is 0 Å². The number of benzene rings is 2. The maximum absolute atomic E-state index is 12.5. The molecule has 2 aromatic carbocycles. The van der Waals surface area contributed by atoms with Gasteiger partial charge in [-0.2, -0.15) is 0 Å². The first-order valence-electron chi connectivity index (χ1n) is 9.70. The van der Waals surface area contributed by atoms with Crippen LogP contribution >= 0.6 is 0 Å². The van der Waals surface area contributed by atoms with Crippen LogP contribution in [-0.4, -0.2) is 37.6 Å². The van der Waals surface area contributed by atoms with Gasteiger partial charge in [0.2, 0.25) is 5.91 Å². The highest BCUT2D eigenvalue weighted by Gasteiger charge is 2.18. The van der Waals surface area contributed by atoms with Gasteiger partial charge in [-0.3, -0.25) is 9.59 Å². The Bertz CT molecular complexity index is 789. The highest BCUT2D eigenvalue weighted by atomic mass is 16.5. The molecule has 2 aromatic rings. The predicted molar refractivity (Wildman–Crippen MR) is 109 cm³/mol. The zero-order valence-corrected chi connectivity index (χ0v) is 16.1. The van der Waals surface area contributed by atoms with Crippen LogP contribution in [0.4, 0.5) is 5.69 Å². The lowest BCUT2D eigenvalue weighted by Crippen LogP contribution is -2.34. The molecule has 3 N–H and O–H groups in total. The number of hydrogen-bond acceptors (Lipinski definition) is 4. The third kappa shape index (κ3) is 5.57. The number of anilines is 1. The van der Waals surface area contributed by atoms with E-state index in [0.717, 1.165) is 25.0 Å². The molecule has 2 atom stereocenters. The first kappa shape index (κ1) is 19.9. The van der Waals surface area contributed by atoms with Crippen molar-refractivity contribution in [2.24, 2.45) is 0 Å². The average molecular weight is 381 g/mol. The van der Waals surface area contributed by atoms with Crippen LogP contribution in [0, 0.1) is 0 Å². The van der Waals surface area contributed by atoms with E-state index >= 15 is 0 Å². The van der Waals surface area contributed by atoms with Crippen LogP contribution in [-0.2, 0) is 9.53 Å². The molecular weight excluding hydrogens is 354 g/mol. The fourth-order valence-corrected chi connectivity index (χ4v) is 3.24. The molecule has 6 nitrogen and oxygen atoms in total. The molecule has 1 aliphatic heterocycles. The summed E-state index contributed by atoms with van der Waals surface area (Å²) in [7, 11) is 0. The van der Waals surface area contributed by atoms with Crippen LogP contribution < -0.4 is 16.0 Å². The van der Waals surface area contributed by atoms with Gasteiger partial charge in [0.05, 0.1) is 24.3 Å². The summed E-state index contributed by atoms with van der Waals surface area (Å²) in [5.41, 5.74) is 2.20. The summed E-state index contributed by atoms with van der Waals surface area (Å²) in [6, 6.07) is 16.9. The smallest absolute Gasteiger partial charge is 0.253 e. The lowest BCUT2D eigenvalue weighted by molar-refractivity contribution is -0.120. The zero-order chi connectivity index (χ0) is 19.8. The predicted octanol–water partition coefficient (Wildman–Crippen LogP) is 2.88. The highest BCUT2D eigenvalue weighted by molar-refractivity contribution is 6.00. The summed E-state index contributed by atoms with van der Waals surface area (Å²) in [4.78, 5) is 24.8. The first-order valence-corrected chi connectivity index (χ1v) is 9.70. The minimum Gasteiger partial charge on any atom is -0.376 e. The molecule has 0 unspecified atom stereocenters. The molecule has 1 fully saturated rings. The topological polar surface area (TPSA) is 79.5 Å². The van der Waals surface area contributed by atoms with Gasteiger partial charge < -0.3 is 20.7 Å². The van der Waals surface area contributed by atoms with E-state index < -0.39 is 0 Å². The molecule has 3 rings (SSSR count). The third-order valence-electron chi connectivity index (χ3n) is 4.80. The van der Waals surface area contributed by atoms with Gasteiger partial charge >= 0.3 is 0 Å². The van der Waals surface area contributed by atoms with Crippen molar-refractivity contribution in [1.82, 2.24) is 10.6 Å². The van der Waals surface area contributed by atoms with Crippen molar-refractivity contribution in [3.8, 4) is 0 Å². The van der Waals surface area contributed by atoms with E-state index in [9.17, 15) is 9.59 Å². The summed E-state index contributed by atoms with van der Waals surface area (Å²) in [5.74, 6) is -0.303. The number of hydrogen-bond donors (Lipinski definition) is 3. The fourth-order valence-electron chi connectivity index (χ4n) is 3.24. The summed E-state index contributed by atoms with van der Waals surface area (Å²) >= 11 is 0. The molecule has 1 aliphatic rings. The molecule has 0 aliphatic carbocycles. The highest BCUT2D eigenvalue weighted by Crippen LogP contribution is 2.16. The van der Waals surface area contributed by atoms with E-state index in [2.05, 4.69) is 16.0 Å². The second kappa shape index (κ2) is 9.90. The second-order valence-electron chi connectivity index (χ2n) is 6.94. The van der Waals surface area contributed by atoms with Crippen molar-refractivity contribution in [3.63, 3.8) is 0 Å². The van der Waals surface area contributed by atoms with Crippen molar-refractivity contribution in [2.45, 2.75) is 31.9 Å². The minimum absolute atomic E-state index is 0.0829. The molecule has 0 saturated carbocycles. The number of amides is 2. The Hall–Kier alpha value is -2.86. The SMILES string of the molecule is C[C@@H](NC(=O)CNc1ccccc1C(=O)NC[C@@H]1CCCO1)c1ccccc1. The average Bonchev–Trinajstić information content (AvgIpc) is 3.25. The fraction of sp³-hybridized carbons (Fsp3) is 0.364. The van der Waals surface area contributed by atoms with Crippen LogP contribution in [0.1, 0.15) is 41.7 Å². The van der Waals surface area contributed by atoms with Crippen LogP contribution in [0.2, 0.25) is 0 Å². The van der Waals surface area contributed by atoms with Crippen LogP contribution in [0.15, 0.2) is 54.6 Å². The van der Waals surface area contributed by atoms with Gasteiger partial charge in [-0.05, 0) is 37.5 Å². The van der Waals surface area contributed by atoms with Crippen molar-refractivity contribution in [3.05, 3.63) is 65.7 Å². The van der Waals surface area contributed by atoms with Gasteiger partial charge in [-0.1, -0.05) is 42.5 Å². The summed E-state index contributed by atoms with van der Waals surface area (Å²) in [5, 5.41) is 8.95. The molecule has 0 radical (unpaired) electrons. The number of rotatable bonds is 8. The number of para-hydroxylation sites is 1. The van der Waals surface area contributed by atoms with Crippen molar-refractivity contribution < 1.29 is 14.3 Å². The molecule has 0 bridgehead atoms. The molecule has 2 amide bonds. The Labute approximate surface area is 165 Å². The number of ether oxygens (including phenoxy) is 1. The van der Waals surface area contributed by atoms with Crippen LogP contribution in [0.3, 0.4) is 0 Å². The normalized spacial score (nSPS) is 17.0. The maximum Gasteiger partial charge on any atom is 0.253 e. The summed E-state index contributed by atoms with van der Waals surface area (Å²) in [6.45, 7) is 3.30. The first-order chi connectivity index (χ1) is 13.6. The van der Waals surface area contributed by atoms with Crippen LogP contribution in [0.5, 0.6) is 0 Å². The Morgan fingerprint density at radius 3 is 2.61 bits per heavy atom. The van der Waals surface area contributed by atoms with E-state index in [-0.39, 0.29) is 30.5 Å². The largest absolute Gasteiger partial charge is 0.376 e. The lowest BCUT2D eigenvalue weighted by Gasteiger charge is -2.16. The van der Waals surface area contributed by atoms with Crippen molar-refractivity contribution in [2.75, 3.05) is 25.0 Å². The Morgan fingerprint density at radius 1 is 1.11 bits per heavy atom. The summed E-state index contributed by atoms with van der Waals surface area (Å²) < 4.78 is 5.54. The number of nitrogens with one attached hydrogen (secondary N) is 3. The minimum atomic E-state index is -0.170. The maximum atomic E-state index is 12.5. The van der Waals surface area contributed by atoms with Gasteiger partial charge in [0, 0.05) is 18.8 Å². The van der Waals surface area contributed by atoms with Gasteiger partial charge in [0.25, 0.3) is 5.91 Å². The van der Waals surface area contributed by atoms with E-state index in [0.29, 0.717) is 17.8 Å². The standard InChI is InChI=1S/C22H27N3O3/c1-16(17-8-3-2-4-9-17)25-21(26)15-23-20-12-6-5-11-19(20)22(27)24-14-18-10-7-13-28-18/h2-6,8-9,11-12,16,18,23H,7,10,13-15H2,1H3,(H,24,27)(H,25,26)/t16-,18+/m1/s1. The number of carbonyl (C=O) groups excluding carboxylic acids is 2. The lowest BCUT2D eigenvalue weighted by atomic mass is 10.1. The van der Waals surface area contributed by atoms with Crippen molar-refractivity contribution >= 4 is 17.5 Å². The quantitative estimate of drug-likeness (QED) is 0.657. The third-order valence-corrected chi connectivity index (χ3v) is 4.80. The Morgan fingerprint density at radius 2 is 1.86 bits per heavy atom. The van der Waals surface area contributed by atoms with E-state index in [1.165, 1.54) is 0 Å². The van der Waals surface area contributed by atoms with E-state index in [1.807, 2.05) is 49.4 Å². The molecule has 1 heterocycles. The molecule has 0 aromatic heterocycles. The molecular formula is C22H27N3O3. The summed E-state index contributed by atoms with van der Waals surface area (Å²) in [6.07, 6.45) is 2.10. The second-order valence-corrected chi connectivity index (χ2v) is 6.94. The van der Waals surface area contributed by atoms with E-state index in [1.54, 1.807) is 12.1 Å². The molecule has 1 saturated heterocycles. The Balaban J connectivity index is 1.52. The van der Waals surface area contributed by atoms with E-state index in [4.69, 9.17) is 4.74 Å². The molecule has 148 valence electrons. The van der Waals surface area contributed by atoms with Crippen LogP contribution in [0.25, 0.3) is 0 Å². The van der Waals surface area contributed by atoms with Gasteiger partial charge in [0.1, 0.15) is 0 Å². The van der Waals surface area contributed by atoms with Gasteiger partial charge in [-0.25, -0.2) is 0 Å². The molecule has 28 heavy (non-hydrogen) atoms. The zero-order valence-electron chi connectivity index (χ0n) is 16.1. The van der Waals surface area contributed by atoms with Crippen molar-refractivity contribution in [1.29, 1.82) is 0 Å². The molecule has 0 spiro atoms. The van der Waals surface area contributed by atoms with Gasteiger partial charge in [0.15, 0.2) is 0 Å². The Kier molecular flexibility index (Phi) is 7.03. The number of carbonyl (C=O) groups is 2. The monoisotopic (exact) mass is 381 g/mol.